The summed E-state index contributed by atoms with van der Waals surface area (Å²) in [7, 11) is 0. The highest BCUT2D eigenvalue weighted by Crippen LogP contribution is 2.34. The second-order valence-electron chi connectivity index (χ2n) is 4.29. The van der Waals surface area contributed by atoms with Crippen LogP contribution in [0.4, 0.5) is 13.2 Å². The number of hydrogen-bond acceptors (Lipinski definition) is 3. The summed E-state index contributed by atoms with van der Waals surface area (Å²) in [5.74, 6) is 0. The molecule has 0 bridgehead atoms. The van der Waals surface area contributed by atoms with Crippen LogP contribution in [0.3, 0.4) is 0 Å². The lowest BCUT2D eigenvalue weighted by Crippen LogP contribution is -2.05. The maximum atomic E-state index is 12.4. The van der Waals surface area contributed by atoms with E-state index < -0.39 is 11.7 Å². The third-order valence-corrected chi connectivity index (χ3v) is 4.16. The highest BCUT2D eigenvalue weighted by atomic mass is 35.5. The predicted octanol–water partition coefficient (Wildman–Crippen LogP) is 4.41. The maximum Gasteiger partial charge on any atom is 0.417 e. The van der Waals surface area contributed by atoms with Gasteiger partial charge in [0.05, 0.1) is 10.6 Å². The molecule has 0 aliphatic heterocycles. The van der Waals surface area contributed by atoms with Gasteiger partial charge in [-0.3, -0.25) is 0 Å². The van der Waals surface area contributed by atoms with Crippen molar-refractivity contribution in [3.05, 3.63) is 52.7 Å². The molecule has 1 aromatic carbocycles. The van der Waals surface area contributed by atoms with Crippen molar-refractivity contribution in [2.24, 2.45) is 5.73 Å². The summed E-state index contributed by atoms with van der Waals surface area (Å²) in [5, 5.41) is 0.990. The monoisotopic (exact) mass is 332 g/mol. The Morgan fingerprint density at radius 3 is 2.48 bits per heavy atom. The molecule has 0 unspecified atom stereocenters. The first-order chi connectivity index (χ1) is 9.90. The molecule has 0 fully saturated rings. The largest absolute Gasteiger partial charge is 0.417 e. The van der Waals surface area contributed by atoms with Crippen molar-refractivity contribution >= 4 is 23.4 Å². The number of halogens is 4. The summed E-state index contributed by atoms with van der Waals surface area (Å²) in [4.78, 5) is 4.55. The molecule has 1 heterocycles. The number of nitrogens with two attached hydrogens (primary N) is 1. The van der Waals surface area contributed by atoms with Crippen molar-refractivity contribution in [2.75, 3.05) is 6.54 Å². The first-order valence-electron chi connectivity index (χ1n) is 6.10. The zero-order valence-corrected chi connectivity index (χ0v) is 12.4. The van der Waals surface area contributed by atoms with Gasteiger partial charge in [0, 0.05) is 11.1 Å². The van der Waals surface area contributed by atoms with Gasteiger partial charge in [0.25, 0.3) is 0 Å². The molecule has 0 radical (unpaired) electrons. The highest BCUT2D eigenvalue weighted by molar-refractivity contribution is 7.99. The van der Waals surface area contributed by atoms with Gasteiger partial charge in [0.1, 0.15) is 5.03 Å². The third kappa shape index (κ3) is 4.36. The fourth-order valence-corrected chi connectivity index (χ4v) is 2.75. The first-order valence-corrected chi connectivity index (χ1v) is 7.29. The average molecular weight is 333 g/mol. The molecule has 2 rings (SSSR count). The van der Waals surface area contributed by atoms with Crippen molar-refractivity contribution < 1.29 is 13.2 Å². The molecule has 21 heavy (non-hydrogen) atoms. The van der Waals surface area contributed by atoms with Gasteiger partial charge in [0.15, 0.2) is 0 Å². The Balaban J connectivity index is 2.15. The minimum Gasteiger partial charge on any atom is -0.330 e. The fourth-order valence-electron chi connectivity index (χ4n) is 1.67. The van der Waals surface area contributed by atoms with Crippen molar-refractivity contribution in [3.8, 4) is 0 Å². The molecule has 0 aliphatic rings. The molecule has 2 aromatic rings. The number of benzene rings is 1. The number of nitrogens with zero attached hydrogens (tertiary/aromatic N) is 1. The summed E-state index contributed by atoms with van der Waals surface area (Å²) in [5.41, 5.74) is 5.72. The molecule has 0 spiro atoms. The Kier molecular flexibility index (Phi) is 5.13. The Morgan fingerprint density at radius 2 is 1.95 bits per heavy atom. The highest BCUT2D eigenvalue weighted by Gasteiger charge is 2.30. The van der Waals surface area contributed by atoms with E-state index in [-0.39, 0.29) is 0 Å². The van der Waals surface area contributed by atoms with Crippen LogP contribution in [-0.4, -0.2) is 11.5 Å². The summed E-state index contributed by atoms with van der Waals surface area (Å²) in [6, 6.07) is 7.85. The van der Waals surface area contributed by atoms with E-state index in [2.05, 4.69) is 4.98 Å². The number of aromatic nitrogens is 1. The lowest BCUT2D eigenvalue weighted by Gasteiger charge is -2.08. The van der Waals surface area contributed by atoms with Gasteiger partial charge in [-0.1, -0.05) is 29.4 Å². The van der Waals surface area contributed by atoms with E-state index >= 15 is 0 Å². The first kappa shape index (κ1) is 16.1. The second kappa shape index (κ2) is 6.68. The van der Waals surface area contributed by atoms with Crippen LogP contribution in [0.25, 0.3) is 0 Å². The van der Waals surface area contributed by atoms with E-state index in [0.717, 1.165) is 29.1 Å². The standard InChI is InChI=1S/C14H12ClF3N2S/c15-11-7-9(5-6-19)1-3-12(11)21-13-4-2-10(8-20-13)14(16,17)18/h1-4,7-8H,5-6,19H2. The minimum atomic E-state index is -4.38. The average Bonchev–Trinajstić information content (AvgIpc) is 2.42. The van der Waals surface area contributed by atoms with Crippen LogP contribution < -0.4 is 5.73 Å². The van der Waals surface area contributed by atoms with Gasteiger partial charge >= 0.3 is 6.18 Å². The normalized spacial score (nSPS) is 11.7. The summed E-state index contributed by atoms with van der Waals surface area (Å²) in [6.45, 7) is 0.531. The Bertz CT molecular complexity index is 615. The Hall–Kier alpha value is -1.24. The van der Waals surface area contributed by atoms with Gasteiger partial charge in [-0.05, 0) is 42.8 Å². The molecule has 1 aromatic heterocycles. The van der Waals surface area contributed by atoms with Gasteiger partial charge in [-0.2, -0.15) is 13.2 Å². The molecule has 0 amide bonds. The van der Waals surface area contributed by atoms with E-state index in [1.54, 1.807) is 6.07 Å². The predicted molar refractivity (Wildman–Crippen MR) is 77.6 cm³/mol. The fraction of sp³-hybridized carbons (Fsp3) is 0.214. The van der Waals surface area contributed by atoms with Crippen molar-refractivity contribution in [2.45, 2.75) is 22.5 Å². The topological polar surface area (TPSA) is 38.9 Å². The summed E-state index contributed by atoms with van der Waals surface area (Å²) >= 11 is 7.37. The van der Waals surface area contributed by atoms with Gasteiger partial charge in [0.2, 0.25) is 0 Å². The van der Waals surface area contributed by atoms with Crippen molar-refractivity contribution in [3.63, 3.8) is 0 Å². The van der Waals surface area contributed by atoms with Crippen LogP contribution in [0.15, 0.2) is 46.5 Å². The molecular formula is C14H12ClF3N2S. The number of alkyl halides is 3. The lowest BCUT2D eigenvalue weighted by atomic mass is 10.1. The smallest absolute Gasteiger partial charge is 0.330 e. The number of pyridine rings is 1. The van der Waals surface area contributed by atoms with Crippen LogP contribution in [0, 0.1) is 0 Å². The molecule has 0 aliphatic carbocycles. The lowest BCUT2D eigenvalue weighted by molar-refractivity contribution is -0.137. The van der Waals surface area contributed by atoms with E-state index in [0.29, 0.717) is 16.6 Å². The molecule has 0 saturated carbocycles. The zero-order valence-electron chi connectivity index (χ0n) is 10.8. The molecule has 2 N–H and O–H groups in total. The van der Waals surface area contributed by atoms with Crippen LogP contribution >= 0.6 is 23.4 Å². The van der Waals surface area contributed by atoms with Crippen LogP contribution in [0.5, 0.6) is 0 Å². The van der Waals surface area contributed by atoms with Crippen LogP contribution in [0.2, 0.25) is 5.02 Å². The molecular weight excluding hydrogens is 321 g/mol. The number of rotatable bonds is 4. The van der Waals surface area contributed by atoms with Gasteiger partial charge in [-0.15, -0.1) is 0 Å². The van der Waals surface area contributed by atoms with E-state index in [1.165, 1.54) is 17.8 Å². The number of hydrogen-bond donors (Lipinski definition) is 1. The van der Waals surface area contributed by atoms with Gasteiger partial charge < -0.3 is 5.73 Å². The maximum absolute atomic E-state index is 12.4. The van der Waals surface area contributed by atoms with Crippen molar-refractivity contribution in [1.29, 1.82) is 0 Å². The molecule has 112 valence electrons. The summed E-state index contributed by atoms with van der Waals surface area (Å²) in [6.07, 6.45) is -2.83. The van der Waals surface area contributed by atoms with Crippen molar-refractivity contribution in [1.82, 2.24) is 4.98 Å². The van der Waals surface area contributed by atoms with E-state index in [4.69, 9.17) is 17.3 Å². The SMILES string of the molecule is NCCc1ccc(Sc2ccc(C(F)(F)F)cn2)c(Cl)c1. The van der Waals surface area contributed by atoms with E-state index in [1.807, 2.05) is 12.1 Å². The van der Waals surface area contributed by atoms with Gasteiger partial charge in [-0.25, -0.2) is 4.98 Å². The molecule has 2 nitrogen and oxygen atoms in total. The second-order valence-corrected chi connectivity index (χ2v) is 5.76. The van der Waals surface area contributed by atoms with Crippen LogP contribution in [-0.2, 0) is 12.6 Å². The molecule has 7 heteroatoms. The molecule has 0 atom stereocenters. The minimum absolute atomic E-state index is 0.455. The molecule has 0 saturated heterocycles. The Labute approximate surface area is 129 Å². The zero-order chi connectivity index (χ0) is 15.5. The third-order valence-electron chi connectivity index (χ3n) is 2.71. The van der Waals surface area contributed by atoms with E-state index in [9.17, 15) is 13.2 Å². The quantitative estimate of drug-likeness (QED) is 0.901. The summed E-state index contributed by atoms with van der Waals surface area (Å²) < 4.78 is 37.3. The van der Waals surface area contributed by atoms with Crippen LogP contribution in [0.1, 0.15) is 11.1 Å². The Morgan fingerprint density at radius 1 is 1.19 bits per heavy atom.